The molecule has 1 aromatic heterocycles. The van der Waals surface area contributed by atoms with Gasteiger partial charge < -0.3 is 5.11 Å². The molecular weight excluding hydrogens is 230 g/mol. The molecule has 0 unspecified atom stereocenters. The fourth-order valence-corrected chi connectivity index (χ4v) is 3.22. The molecule has 2 nitrogen and oxygen atoms in total. The van der Waals surface area contributed by atoms with Crippen molar-refractivity contribution in [2.24, 2.45) is 0 Å². The summed E-state index contributed by atoms with van der Waals surface area (Å²) in [5.41, 5.74) is 2.47. The average Bonchev–Trinajstić information content (AvgIpc) is 2.79. The van der Waals surface area contributed by atoms with Gasteiger partial charge in [0.1, 0.15) is 5.75 Å². The second-order valence-corrected chi connectivity index (χ2v) is 5.46. The Hall–Kier alpha value is -1.32. The zero-order valence-corrected chi connectivity index (χ0v) is 10.4. The van der Waals surface area contributed by atoms with Gasteiger partial charge in [-0.2, -0.15) is 0 Å². The Morgan fingerprint density at radius 2 is 2.12 bits per heavy atom. The van der Waals surface area contributed by atoms with Gasteiger partial charge in [0.25, 0.3) is 0 Å². The number of thiophene rings is 1. The lowest BCUT2D eigenvalue weighted by Crippen LogP contribution is -2.29. The highest BCUT2D eigenvalue weighted by Crippen LogP contribution is 2.26. The van der Waals surface area contributed by atoms with Gasteiger partial charge in [0.15, 0.2) is 0 Å². The number of benzene rings is 1. The minimum Gasteiger partial charge on any atom is -0.508 e. The second-order valence-electron chi connectivity index (χ2n) is 4.46. The molecule has 3 heteroatoms. The largest absolute Gasteiger partial charge is 0.508 e. The maximum absolute atomic E-state index is 9.77. The van der Waals surface area contributed by atoms with Crippen LogP contribution in [0.3, 0.4) is 0 Å². The van der Waals surface area contributed by atoms with E-state index in [1.165, 1.54) is 10.4 Å². The summed E-state index contributed by atoms with van der Waals surface area (Å²) in [4.78, 5) is 3.92. The van der Waals surface area contributed by atoms with Crippen molar-refractivity contribution in [3.05, 3.63) is 51.7 Å². The van der Waals surface area contributed by atoms with Crippen molar-refractivity contribution >= 4 is 11.3 Å². The molecule has 3 rings (SSSR count). The summed E-state index contributed by atoms with van der Waals surface area (Å²) < 4.78 is 0. The first-order chi connectivity index (χ1) is 8.33. The van der Waals surface area contributed by atoms with Gasteiger partial charge in [0, 0.05) is 30.1 Å². The third-order valence-corrected chi connectivity index (χ3v) is 4.30. The number of rotatable bonds is 2. The number of nitrogens with zero attached hydrogens (tertiary/aromatic N) is 1. The van der Waals surface area contributed by atoms with Crippen molar-refractivity contribution in [1.29, 1.82) is 0 Å². The van der Waals surface area contributed by atoms with Gasteiger partial charge in [0.05, 0.1) is 0 Å². The fourth-order valence-electron chi connectivity index (χ4n) is 2.33. The van der Waals surface area contributed by atoms with Gasteiger partial charge in [-0.25, -0.2) is 0 Å². The zero-order chi connectivity index (χ0) is 11.7. The number of fused-ring (bicyclic) bond motifs is 1. The first-order valence-corrected chi connectivity index (χ1v) is 6.75. The van der Waals surface area contributed by atoms with Gasteiger partial charge in [-0.15, -0.1) is 11.3 Å². The minimum atomic E-state index is 0.406. The Morgan fingerprint density at radius 3 is 3.00 bits per heavy atom. The lowest BCUT2D eigenvalue weighted by Gasteiger charge is -2.27. The molecule has 0 atom stereocenters. The van der Waals surface area contributed by atoms with E-state index in [-0.39, 0.29) is 0 Å². The van der Waals surface area contributed by atoms with E-state index >= 15 is 0 Å². The number of aromatic hydroxyl groups is 1. The van der Waals surface area contributed by atoms with E-state index in [4.69, 9.17) is 0 Å². The first kappa shape index (κ1) is 10.8. The molecule has 0 aliphatic carbocycles. The molecule has 1 aromatic carbocycles. The molecule has 1 N–H and O–H groups in total. The predicted octanol–water partition coefficient (Wildman–Crippen LogP) is 3.01. The Balaban J connectivity index is 1.74. The Labute approximate surface area is 105 Å². The maximum Gasteiger partial charge on any atom is 0.120 e. The third-order valence-electron chi connectivity index (χ3n) is 3.27. The highest BCUT2D eigenvalue weighted by atomic mass is 32.1. The monoisotopic (exact) mass is 245 g/mol. The van der Waals surface area contributed by atoms with E-state index in [9.17, 15) is 5.11 Å². The van der Waals surface area contributed by atoms with E-state index in [0.29, 0.717) is 5.75 Å². The van der Waals surface area contributed by atoms with E-state index < -0.39 is 0 Å². The quantitative estimate of drug-likeness (QED) is 0.879. The van der Waals surface area contributed by atoms with Crippen LogP contribution < -0.4 is 0 Å². The fraction of sp³-hybridized carbons (Fsp3) is 0.286. The molecule has 0 saturated carbocycles. The molecule has 0 saturated heterocycles. The van der Waals surface area contributed by atoms with Crippen molar-refractivity contribution in [2.45, 2.75) is 19.5 Å². The molecule has 88 valence electrons. The summed E-state index contributed by atoms with van der Waals surface area (Å²) in [6.45, 7) is 2.93. The summed E-state index contributed by atoms with van der Waals surface area (Å²) >= 11 is 1.86. The van der Waals surface area contributed by atoms with Crippen molar-refractivity contribution in [2.75, 3.05) is 6.54 Å². The number of phenols is 1. The lowest BCUT2D eigenvalue weighted by molar-refractivity contribution is 0.244. The average molecular weight is 245 g/mol. The van der Waals surface area contributed by atoms with Crippen LogP contribution in [0.4, 0.5) is 0 Å². The number of para-hydroxylation sites is 1. The number of phenolic OH excluding ortho intramolecular Hbond substituents is 1. The molecule has 2 heterocycles. The normalized spacial score (nSPS) is 15.8. The van der Waals surface area contributed by atoms with Gasteiger partial charge >= 0.3 is 0 Å². The highest BCUT2D eigenvalue weighted by Gasteiger charge is 2.17. The summed E-state index contributed by atoms with van der Waals surface area (Å²) in [5.74, 6) is 0.406. The van der Waals surface area contributed by atoms with Crippen LogP contribution in [0, 0.1) is 0 Å². The van der Waals surface area contributed by atoms with Crippen LogP contribution in [0.15, 0.2) is 35.7 Å². The molecule has 1 aliphatic rings. The van der Waals surface area contributed by atoms with Crippen LogP contribution >= 0.6 is 11.3 Å². The number of hydrogen-bond donors (Lipinski definition) is 1. The third kappa shape index (κ3) is 2.21. The van der Waals surface area contributed by atoms with E-state index in [1.54, 1.807) is 6.07 Å². The summed E-state index contributed by atoms with van der Waals surface area (Å²) in [7, 11) is 0. The molecule has 0 spiro atoms. The summed E-state index contributed by atoms with van der Waals surface area (Å²) in [5, 5.41) is 11.9. The van der Waals surface area contributed by atoms with Crippen LogP contribution in [0.25, 0.3) is 0 Å². The highest BCUT2D eigenvalue weighted by molar-refractivity contribution is 7.10. The second kappa shape index (κ2) is 4.51. The van der Waals surface area contributed by atoms with E-state index in [0.717, 1.165) is 31.6 Å². The standard InChI is InChI=1S/C14H15NOS/c16-13-4-2-1-3-11(13)9-15-7-5-14-12(10-15)6-8-17-14/h1-4,6,8,16H,5,7,9-10H2. The molecule has 0 radical (unpaired) electrons. The molecule has 1 aliphatic heterocycles. The minimum absolute atomic E-state index is 0.406. The van der Waals surface area contributed by atoms with Crippen LogP contribution in [0.5, 0.6) is 5.75 Å². The maximum atomic E-state index is 9.77. The smallest absolute Gasteiger partial charge is 0.120 e. The van der Waals surface area contributed by atoms with Gasteiger partial charge in [0.2, 0.25) is 0 Å². The predicted molar refractivity (Wildman–Crippen MR) is 70.2 cm³/mol. The number of hydrogen-bond acceptors (Lipinski definition) is 3. The summed E-state index contributed by atoms with van der Waals surface area (Å²) in [6, 6.07) is 9.83. The van der Waals surface area contributed by atoms with Gasteiger partial charge in [-0.1, -0.05) is 18.2 Å². The molecule has 0 bridgehead atoms. The topological polar surface area (TPSA) is 23.5 Å². The molecular formula is C14H15NOS. The Bertz CT molecular complexity index is 520. The van der Waals surface area contributed by atoms with Crippen LogP contribution in [-0.2, 0) is 19.5 Å². The molecule has 2 aromatic rings. The van der Waals surface area contributed by atoms with Crippen molar-refractivity contribution in [1.82, 2.24) is 4.90 Å². The molecule has 0 fully saturated rings. The summed E-state index contributed by atoms with van der Waals surface area (Å²) in [6.07, 6.45) is 1.14. The Morgan fingerprint density at radius 1 is 1.24 bits per heavy atom. The van der Waals surface area contributed by atoms with E-state index in [2.05, 4.69) is 16.3 Å². The Kier molecular flexibility index (Phi) is 2.87. The first-order valence-electron chi connectivity index (χ1n) is 5.87. The van der Waals surface area contributed by atoms with Gasteiger partial charge in [-0.05, 0) is 29.5 Å². The van der Waals surface area contributed by atoms with Crippen LogP contribution in [0.2, 0.25) is 0 Å². The van der Waals surface area contributed by atoms with Crippen molar-refractivity contribution in [3.8, 4) is 5.75 Å². The molecule has 17 heavy (non-hydrogen) atoms. The molecule has 0 amide bonds. The van der Waals surface area contributed by atoms with Crippen molar-refractivity contribution < 1.29 is 5.11 Å². The lowest BCUT2D eigenvalue weighted by atomic mass is 10.1. The van der Waals surface area contributed by atoms with E-state index in [1.807, 2.05) is 29.5 Å². The zero-order valence-electron chi connectivity index (χ0n) is 9.60. The van der Waals surface area contributed by atoms with Gasteiger partial charge in [-0.3, -0.25) is 4.90 Å². The van der Waals surface area contributed by atoms with Crippen LogP contribution in [-0.4, -0.2) is 16.6 Å². The SMILES string of the molecule is Oc1ccccc1CN1CCc2sccc2C1. The van der Waals surface area contributed by atoms with Crippen LogP contribution in [0.1, 0.15) is 16.0 Å². The van der Waals surface area contributed by atoms with Crippen molar-refractivity contribution in [3.63, 3.8) is 0 Å².